The fourth-order valence-corrected chi connectivity index (χ4v) is 4.43. The Balaban J connectivity index is 2.13. The third kappa shape index (κ3) is 4.39. The predicted molar refractivity (Wildman–Crippen MR) is 119 cm³/mol. The quantitative estimate of drug-likeness (QED) is 0.557. The summed E-state index contributed by atoms with van der Waals surface area (Å²) >= 11 is 0. The molecule has 3 rings (SSSR count). The average Bonchev–Trinajstić information content (AvgIpc) is 2.72. The van der Waals surface area contributed by atoms with Gasteiger partial charge in [-0.15, -0.1) is 0 Å². The zero-order valence-corrected chi connectivity index (χ0v) is 18.4. The van der Waals surface area contributed by atoms with Gasteiger partial charge in [-0.2, -0.15) is 4.31 Å². The Morgan fingerprint density at radius 1 is 0.867 bits per heavy atom. The summed E-state index contributed by atoms with van der Waals surface area (Å²) in [5, 5.41) is 0. The van der Waals surface area contributed by atoms with E-state index in [-0.39, 0.29) is 10.6 Å². The maximum Gasteiger partial charge on any atom is 0.272 e. The molecular weight excluding hydrogens is 398 g/mol. The zero-order chi connectivity index (χ0) is 21.9. The molecule has 0 atom stereocenters. The predicted octanol–water partition coefficient (Wildman–Crippen LogP) is 5.05. The molecule has 0 aliphatic heterocycles. The summed E-state index contributed by atoms with van der Waals surface area (Å²) < 4.78 is 33.3. The van der Waals surface area contributed by atoms with Crippen LogP contribution in [-0.2, 0) is 10.0 Å². The van der Waals surface area contributed by atoms with E-state index in [2.05, 4.69) is 0 Å². The molecule has 0 aliphatic carbocycles. The van der Waals surface area contributed by atoms with Gasteiger partial charge >= 0.3 is 0 Å². The molecule has 0 spiro atoms. The number of carbonyl (C=O) groups excluding carboxylic acids is 1. The molecule has 3 aromatic rings. The third-order valence-electron chi connectivity index (χ3n) is 4.88. The Hall–Kier alpha value is -3.12. The minimum absolute atomic E-state index is 0.0548. The van der Waals surface area contributed by atoms with Crippen molar-refractivity contribution in [3.05, 3.63) is 89.0 Å². The Labute approximate surface area is 178 Å². The first-order valence-corrected chi connectivity index (χ1v) is 11.1. The van der Waals surface area contributed by atoms with Gasteiger partial charge in [0.15, 0.2) is 0 Å². The van der Waals surface area contributed by atoms with Crippen LogP contribution in [0.1, 0.15) is 34.0 Å². The van der Waals surface area contributed by atoms with Crippen LogP contribution in [0.3, 0.4) is 0 Å². The molecule has 0 heterocycles. The number of carbonyl (C=O) groups is 1. The number of rotatable bonds is 6. The molecule has 5 nitrogen and oxygen atoms in total. The van der Waals surface area contributed by atoms with Gasteiger partial charge in [-0.1, -0.05) is 23.8 Å². The Morgan fingerprint density at radius 3 is 2.07 bits per heavy atom. The van der Waals surface area contributed by atoms with Crippen molar-refractivity contribution in [3.63, 3.8) is 0 Å². The van der Waals surface area contributed by atoms with Crippen molar-refractivity contribution in [1.29, 1.82) is 0 Å². The second kappa shape index (κ2) is 8.71. The van der Waals surface area contributed by atoms with Crippen LogP contribution in [0.15, 0.2) is 71.6 Å². The Bertz CT molecular complexity index is 1150. The number of anilines is 1. The highest BCUT2D eigenvalue weighted by Gasteiger charge is 2.32. The van der Waals surface area contributed by atoms with Crippen molar-refractivity contribution in [2.24, 2.45) is 0 Å². The SMILES string of the molecule is CCOc1ccc(N(C(=O)c2ccc(C)c(C)c2)S(=O)(=O)c2ccc(C)cc2)cc1. The van der Waals surface area contributed by atoms with Gasteiger partial charge in [0.2, 0.25) is 0 Å². The number of amides is 1. The van der Waals surface area contributed by atoms with Crippen LogP contribution in [0.5, 0.6) is 5.75 Å². The lowest BCUT2D eigenvalue weighted by Gasteiger charge is -2.23. The summed E-state index contributed by atoms with van der Waals surface area (Å²) in [6, 6.07) is 18.1. The van der Waals surface area contributed by atoms with Crippen LogP contribution in [0.4, 0.5) is 5.69 Å². The molecule has 0 saturated heterocycles. The molecule has 0 radical (unpaired) electrons. The lowest BCUT2D eigenvalue weighted by molar-refractivity contribution is 0.100. The Morgan fingerprint density at radius 2 is 1.50 bits per heavy atom. The number of benzene rings is 3. The summed E-state index contributed by atoms with van der Waals surface area (Å²) in [5.41, 5.74) is 3.44. The number of nitrogens with zero attached hydrogens (tertiary/aromatic N) is 1. The first-order valence-electron chi connectivity index (χ1n) is 9.70. The first-order chi connectivity index (χ1) is 14.2. The van der Waals surface area contributed by atoms with Gasteiger partial charge < -0.3 is 4.74 Å². The zero-order valence-electron chi connectivity index (χ0n) is 17.5. The van der Waals surface area contributed by atoms with Gasteiger partial charge in [0, 0.05) is 5.56 Å². The molecule has 0 saturated carbocycles. The first kappa shape index (κ1) is 21.6. The van der Waals surface area contributed by atoms with Crippen molar-refractivity contribution in [2.75, 3.05) is 10.9 Å². The van der Waals surface area contributed by atoms with Crippen LogP contribution < -0.4 is 9.04 Å². The van der Waals surface area contributed by atoms with E-state index < -0.39 is 15.9 Å². The highest BCUT2D eigenvalue weighted by molar-refractivity contribution is 7.93. The molecule has 6 heteroatoms. The summed E-state index contributed by atoms with van der Waals surface area (Å²) in [7, 11) is -4.12. The summed E-state index contributed by atoms with van der Waals surface area (Å²) in [4.78, 5) is 13.5. The number of hydrogen-bond acceptors (Lipinski definition) is 4. The molecule has 156 valence electrons. The van der Waals surface area contributed by atoms with Crippen molar-refractivity contribution in [2.45, 2.75) is 32.6 Å². The molecule has 0 N–H and O–H groups in total. The van der Waals surface area contributed by atoms with Crippen LogP contribution in [-0.4, -0.2) is 20.9 Å². The Kier molecular flexibility index (Phi) is 6.27. The maximum absolute atomic E-state index is 13.5. The molecule has 0 bridgehead atoms. The van der Waals surface area contributed by atoms with Gasteiger partial charge in [-0.25, -0.2) is 8.42 Å². The van der Waals surface area contributed by atoms with Gasteiger partial charge in [-0.05, 0) is 87.4 Å². The van der Waals surface area contributed by atoms with E-state index in [9.17, 15) is 13.2 Å². The van der Waals surface area contributed by atoms with Crippen LogP contribution in [0, 0.1) is 20.8 Å². The second-order valence-corrected chi connectivity index (χ2v) is 8.90. The summed E-state index contributed by atoms with van der Waals surface area (Å²) in [5.74, 6) is -0.00426. The number of aryl methyl sites for hydroxylation is 3. The maximum atomic E-state index is 13.5. The van der Waals surface area contributed by atoms with E-state index >= 15 is 0 Å². The fourth-order valence-electron chi connectivity index (χ4n) is 3.02. The van der Waals surface area contributed by atoms with Crippen molar-refractivity contribution in [3.8, 4) is 5.75 Å². The molecular formula is C24H25NO4S. The van der Waals surface area contributed by atoms with Crippen LogP contribution in [0.2, 0.25) is 0 Å². The van der Waals surface area contributed by atoms with Gasteiger partial charge in [-0.3, -0.25) is 4.79 Å². The number of sulfonamides is 1. The molecule has 0 aliphatic rings. The molecule has 1 amide bonds. The standard InChI is InChI=1S/C24H25NO4S/c1-5-29-22-12-10-21(11-13-22)25(24(26)20-9-8-18(3)19(4)16-20)30(27,28)23-14-6-17(2)7-15-23/h6-16H,5H2,1-4H3. The molecule has 3 aromatic carbocycles. The van der Waals surface area contributed by atoms with E-state index in [1.54, 1.807) is 48.5 Å². The average molecular weight is 424 g/mol. The third-order valence-corrected chi connectivity index (χ3v) is 6.60. The minimum atomic E-state index is -4.12. The van der Waals surface area contributed by atoms with E-state index in [0.29, 0.717) is 17.9 Å². The van der Waals surface area contributed by atoms with E-state index in [1.807, 2.05) is 33.8 Å². The highest BCUT2D eigenvalue weighted by atomic mass is 32.2. The van der Waals surface area contributed by atoms with E-state index in [4.69, 9.17) is 4.74 Å². The molecule has 30 heavy (non-hydrogen) atoms. The van der Waals surface area contributed by atoms with Gasteiger partial charge in [0.05, 0.1) is 17.2 Å². The molecule has 0 fully saturated rings. The monoisotopic (exact) mass is 423 g/mol. The summed E-state index contributed by atoms with van der Waals surface area (Å²) in [6.45, 7) is 8.07. The molecule has 0 unspecified atom stereocenters. The smallest absolute Gasteiger partial charge is 0.272 e. The normalized spacial score (nSPS) is 11.2. The second-order valence-electron chi connectivity index (χ2n) is 7.11. The number of hydrogen-bond donors (Lipinski definition) is 0. The number of ether oxygens (including phenoxy) is 1. The van der Waals surface area contributed by atoms with E-state index in [0.717, 1.165) is 21.0 Å². The topological polar surface area (TPSA) is 63.7 Å². The van der Waals surface area contributed by atoms with Crippen molar-refractivity contribution < 1.29 is 17.9 Å². The largest absolute Gasteiger partial charge is 0.494 e. The lowest BCUT2D eigenvalue weighted by atomic mass is 10.1. The lowest BCUT2D eigenvalue weighted by Crippen LogP contribution is -2.37. The highest BCUT2D eigenvalue weighted by Crippen LogP contribution is 2.28. The minimum Gasteiger partial charge on any atom is -0.494 e. The summed E-state index contributed by atoms with van der Waals surface area (Å²) in [6.07, 6.45) is 0. The molecule has 0 aromatic heterocycles. The van der Waals surface area contributed by atoms with Crippen molar-refractivity contribution >= 4 is 21.6 Å². The van der Waals surface area contributed by atoms with Crippen LogP contribution >= 0.6 is 0 Å². The fraction of sp³-hybridized carbons (Fsp3) is 0.208. The van der Waals surface area contributed by atoms with Gasteiger partial charge in [0.25, 0.3) is 15.9 Å². The van der Waals surface area contributed by atoms with Gasteiger partial charge in [0.1, 0.15) is 5.75 Å². The van der Waals surface area contributed by atoms with Crippen molar-refractivity contribution in [1.82, 2.24) is 0 Å². The van der Waals surface area contributed by atoms with E-state index in [1.165, 1.54) is 12.1 Å². The van der Waals surface area contributed by atoms with Crippen LogP contribution in [0.25, 0.3) is 0 Å².